The SMILES string of the molecule is N#CCc1ccncc1F. The van der Waals surface area contributed by atoms with Gasteiger partial charge in [-0.05, 0) is 6.07 Å². The van der Waals surface area contributed by atoms with E-state index in [1.54, 1.807) is 0 Å². The zero-order valence-electron chi connectivity index (χ0n) is 5.21. The van der Waals surface area contributed by atoms with Gasteiger partial charge in [0.1, 0.15) is 5.82 Å². The van der Waals surface area contributed by atoms with Crippen molar-refractivity contribution in [3.63, 3.8) is 0 Å². The van der Waals surface area contributed by atoms with E-state index in [1.165, 1.54) is 12.3 Å². The van der Waals surface area contributed by atoms with Gasteiger partial charge in [0.15, 0.2) is 0 Å². The summed E-state index contributed by atoms with van der Waals surface area (Å²) in [4.78, 5) is 3.54. The fourth-order valence-corrected chi connectivity index (χ4v) is 0.633. The van der Waals surface area contributed by atoms with Crippen molar-refractivity contribution in [3.8, 4) is 6.07 Å². The number of hydrogen-bond donors (Lipinski definition) is 0. The van der Waals surface area contributed by atoms with Crippen molar-refractivity contribution < 1.29 is 4.39 Å². The average Bonchev–Trinajstić information content (AvgIpc) is 1.94. The highest BCUT2D eigenvalue weighted by atomic mass is 19.1. The Morgan fingerprint density at radius 2 is 2.50 bits per heavy atom. The summed E-state index contributed by atoms with van der Waals surface area (Å²) in [5.74, 6) is -0.413. The summed E-state index contributed by atoms with van der Waals surface area (Å²) in [6.45, 7) is 0. The Balaban J connectivity index is 2.94. The first kappa shape index (κ1) is 6.69. The molecule has 3 heteroatoms. The summed E-state index contributed by atoms with van der Waals surface area (Å²) in [5, 5.41) is 8.21. The molecule has 0 aromatic carbocycles. The highest BCUT2D eigenvalue weighted by molar-refractivity contribution is 5.16. The highest BCUT2D eigenvalue weighted by Crippen LogP contribution is 2.03. The lowest BCUT2D eigenvalue weighted by Gasteiger charge is -1.92. The van der Waals surface area contributed by atoms with E-state index in [9.17, 15) is 4.39 Å². The van der Waals surface area contributed by atoms with Gasteiger partial charge in [-0.3, -0.25) is 4.98 Å². The highest BCUT2D eigenvalue weighted by Gasteiger charge is 1.97. The second-order valence-electron chi connectivity index (χ2n) is 1.80. The van der Waals surface area contributed by atoms with Crippen molar-refractivity contribution in [3.05, 3.63) is 29.8 Å². The molecule has 0 saturated heterocycles. The molecular weight excluding hydrogens is 131 g/mol. The van der Waals surface area contributed by atoms with E-state index < -0.39 is 5.82 Å². The molecule has 10 heavy (non-hydrogen) atoms. The van der Waals surface area contributed by atoms with E-state index in [1.807, 2.05) is 6.07 Å². The van der Waals surface area contributed by atoms with Crippen molar-refractivity contribution in [1.29, 1.82) is 5.26 Å². The Kier molecular flexibility index (Phi) is 1.96. The third kappa shape index (κ3) is 1.29. The number of hydrogen-bond acceptors (Lipinski definition) is 2. The molecule has 1 heterocycles. The number of pyridine rings is 1. The first-order valence-electron chi connectivity index (χ1n) is 2.80. The molecule has 0 unspecified atom stereocenters. The normalized spacial score (nSPS) is 8.80. The van der Waals surface area contributed by atoms with Crippen LogP contribution in [0.1, 0.15) is 5.56 Å². The zero-order chi connectivity index (χ0) is 7.40. The third-order valence-corrected chi connectivity index (χ3v) is 1.13. The first-order valence-corrected chi connectivity index (χ1v) is 2.80. The van der Waals surface area contributed by atoms with Crippen LogP contribution < -0.4 is 0 Å². The van der Waals surface area contributed by atoms with Crippen LogP contribution in [0.3, 0.4) is 0 Å². The average molecular weight is 136 g/mol. The van der Waals surface area contributed by atoms with Crippen molar-refractivity contribution in [1.82, 2.24) is 4.98 Å². The van der Waals surface area contributed by atoms with Crippen molar-refractivity contribution in [2.45, 2.75) is 6.42 Å². The molecule has 0 amide bonds. The van der Waals surface area contributed by atoms with Gasteiger partial charge in [0.05, 0.1) is 18.7 Å². The van der Waals surface area contributed by atoms with E-state index in [-0.39, 0.29) is 6.42 Å². The van der Waals surface area contributed by atoms with Crippen LogP contribution in [0.25, 0.3) is 0 Å². The van der Waals surface area contributed by atoms with Crippen LogP contribution >= 0.6 is 0 Å². The smallest absolute Gasteiger partial charge is 0.145 e. The van der Waals surface area contributed by atoms with Gasteiger partial charge in [0, 0.05) is 11.8 Å². The minimum Gasteiger partial charge on any atom is -0.262 e. The first-order chi connectivity index (χ1) is 4.84. The number of halogens is 1. The van der Waals surface area contributed by atoms with E-state index in [4.69, 9.17) is 5.26 Å². The second-order valence-corrected chi connectivity index (χ2v) is 1.80. The summed E-state index contributed by atoms with van der Waals surface area (Å²) in [5.41, 5.74) is 0.400. The molecule has 0 aliphatic rings. The Morgan fingerprint density at radius 3 is 3.10 bits per heavy atom. The molecule has 0 aliphatic heterocycles. The van der Waals surface area contributed by atoms with Gasteiger partial charge in [0.2, 0.25) is 0 Å². The Hall–Kier alpha value is -1.43. The van der Waals surface area contributed by atoms with Crippen LogP contribution in [-0.4, -0.2) is 4.98 Å². The molecule has 0 atom stereocenters. The van der Waals surface area contributed by atoms with Crippen LogP contribution in [0.5, 0.6) is 0 Å². The van der Waals surface area contributed by atoms with E-state index in [0.717, 1.165) is 6.20 Å². The number of rotatable bonds is 1. The van der Waals surface area contributed by atoms with Crippen LogP contribution in [0.15, 0.2) is 18.5 Å². The molecule has 0 saturated carbocycles. The van der Waals surface area contributed by atoms with Crippen molar-refractivity contribution in [2.24, 2.45) is 0 Å². The Labute approximate surface area is 57.9 Å². The van der Waals surface area contributed by atoms with Crippen LogP contribution in [0.2, 0.25) is 0 Å². The lowest BCUT2D eigenvalue weighted by atomic mass is 10.2. The quantitative estimate of drug-likeness (QED) is 0.583. The summed E-state index contributed by atoms with van der Waals surface area (Å²) in [6.07, 6.45) is 2.68. The van der Waals surface area contributed by atoms with Gasteiger partial charge < -0.3 is 0 Å². The minimum absolute atomic E-state index is 0.106. The molecule has 0 aliphatic carbocycles. The molecule has 1 aromatic heterocycles. The molecule has 1 rings (SSSR count). The Morgan fingerprint density at radius 1 is 1.70 bits per heavy atom. The predicted octanol–water partition coefficient (Wildman–Crippen LogP) is 1.29. The third-order valence-electron chi connectivity index (χ3n) is 1.13. The molecule has 50 valence electrons. The fraction of sp³-hybridized carbons (Fsp3) is 0.143. The molecule has 1 aromatic rings. The lowest BCUT2D eigenvalue weighted by molar-refractivity contribution is 0.608. The van der Waals surface area contributed by atoms with Crippen molar-refractivity contribution >= 4 is 0 Å². The monoisotopic (exact) mass is 136 g/mol. The standard InChI is InChI=1S/C7H5FN2/c8-7-5-10-4-2-6(7)1-3-9/h2,4-5H,1H2. The molecule has 0 N–H and O–H groups in total. The number of nitriles is 1. The Bertz CT molecular complexity index is 265. The predicted molar refractivity (Wildman–Crippen MR) is 33.5 cm³/mol. The summed E-state index contributed by atoms with van der Waals surface area (Å²) in [7, 11) is 0. The maximum Gasteiger partial charge on any atom is 0.145 e. The van der Waals surface area contributed by atoms with Gasteiger partial charge in [-0.2, -0.15) is 5.26 Å². The molecule has 0 radical (unpaired) electrons. The summed E-state index contributed by atoms with van der Waals surface area (Å²) < 4.78 is 12.6. The van der Waals surface area contributed by atoms with Gasteiger partial charge in [-0.1, -0.05) is 0 Å². The number of aromatic nitrogens is 1. The maximum atomic E-state index is 12.6. The second kappa shape index (κ2) is 2.92. The maximum absolute atomic E-state index is 12.6. The number of nitrogens with zero attached hydrogens (tertiary/aromatic N) is 2. The molecule has 0 spiro atoms. The van der Waals surface area contributed by atoms with Gasteiger partial charge in [0.25, 0.3) is 0 Å². The van der Waals surface area contributed by atoms with Crippen molar-refractivity contribution in [2.75, 3.05) is 0 Å². The topological polar surface area (TPSA) is 36.7 Å². The fourth-order valence-electron chi connectivity index (χ4n) is 0.633. The lowest BCUT2D eigenvalue weighted by Crippen LogP contribution is -1.87. The van der Waals surface area contributed by atoms with Crippen LogP contribution in [0.4, 0.5) is 4.39 Å². The van der Waals surface area contributed by atoms with Gasteiger partial charge >= 0.3 is 0 Å². The largest absolute Gasteiger partial charge is 0.262 e. The van der Waals surface area contributed by atoms with E-state index in [2.05, 4.69) is 4.98 Å². The van der Waals surface area contributed by atoms with E-state index in [0.29, 0.717) is 5.56 Å². The minimum atomic E-state index is -0.413. The summed E-state index contributed by atoms with van der Waals surface area (Å²) in [6, 6.07) is 3.36. The molecular formula is C7H5FN2. The molecule has 0 fully saturated rings. The van der Waals surface area contributed by atoms with E-state index >= 15 is 0 Å². The van der Waals surface area contributed by atoms with Crippen LogP contribution in [0, 0.1) is 17.1 Å². The molecule has 0 bridgehead atoms. The van der Waals surface area contributed by atoms with Gasteiger partial charge in [-0.25, -0.2) is 4.39 Å². The summed E-state index contributed by atoms with van der Waals surface area (Å²) >= 11 is 0. The zero-order valence-corrected chi connectivity index (χ0v) is 5.21. The molecule has 2 nitrogen and oxygen atoms in total. The van der Waals surface area contributed by atoms with Crippen LogP contribution in [-0.2, 0) is 6.42 Å². The van der Waals surface area contributed by atoms with Gasteiger partial charge in [-0.15, -0.1) is 0 Å².